The van der Waals surface area contributed by atoms with E-state index in [1.807, 2.05) is 75.5 Å². The summed E-state index contributed by atoms with van der Waals surface area (Å²) in [5, 5.41) is 21.1. The summed E-state index contributed by atoms with van der Waals surface area (Å²) in [6, 6.07) is 9.88. The van der Waals surface area contributed by atoms with Crippen molar-refractivity contribution in [3.63, 3.8) is 0 Å². The second-order valence-corrected chi connectivity index (χ2v) is 6.79. The second-order valence-electron chi connectivity index (χ2n) is 6.79. The molecule has 0 saturated carbocycles. The quantitative estimate of drug-likeness (QED) is 0.461. The minimum atomic E-state index is -0.480. The molecule has 0 amide bonds. The molecule has 1 aromatic heterocycles. The molecule has 2 rings (SSSR count). The first-order chi connectivity index (χ1) is 13.0. The van der Waals surface area contributed by atoms with Gasteiger partial charge >= 0.3 is 0 Å². The predicted molar refractivity (Wildman–Crippen MR) is 110 cm³/mol. The number of nitrogens with zero attached hydrogens (tertiary/aromatic N) is 4. The number of aliphatic hydroxyl groups is 1. The van der Waals surface area contributed by atoms with E-state index in [1.165, 1.54) is 0 Å². The Labute approximate surface area is 162 Å². The van der Waals surface area contributed by atoms with Crippen molar-refractivity contribution in [2.45, 2.75) is 25.5 Å². The topological polar surface area (TPSA) is 77.7 Å². The third kappa shape index (κ3) is 6.69. The molecule has 1 heterocycles. The fourth-order valence-electron chi connectivity index (χ4n) is 2.87. The van der Waals surface area contributed by atoms with Gasteiger partial charge < -0.3 is 20.6 Å². The molecule has 2 unspecified atom stereocenters. The van der Waals surface area contributed by atoms with Gasteiger partial charge in [0.1, 0.15) is 0 Å². The Hall–Kier alpha value is -2.38. The molecular weight excluding hydrogens is 340 g/mol. The summed E-state index contributed by atoms with van der Waals surface area (Å²) in [7, 11) is 6.01. The van der Waals surface area contributed by atoms with Crippen LogP contribution in [0.2, 0.25) is 0 Å². The summed E-state index contributed by atoms with van der Waals surface area (Å²) in [5.74, 6) is 0.758. The van der Waals surface area contributed by atoms with E-state index < -0.39 is 6.10 Å². The Morgan fingerprint density at radius 1 is 1.22 bits per heavy atom. The molecule has 3 N–H and O–H groups in total. The Morgan fingerprint density at radius 2 is 1.96 bits per heavy atom. The van der Waals surface area contributed by atoms with Crippen LogP contribution in [0.3, 0.4) is 0 Å². The average molecular weight is 373 g/mol. The van der Waals surface area contributed by atoms with E-state index in [4.69, 9.17) is 4.99 Å². The molecule has 0 aliphatic carbocycles. The SMILES string of the molecule is CCNC(=NCC(c1cnn(C)c1)N(C)C)NCCC(O)c1ccccc1. The largest absolute Gasteiger partial charge is 0.388 e. The molecule has 0 aliphatic heterocycles. The number of guanidine groups is 1. The fourth-order valence-corrected chi connectivity index (χ4v) is 2.87. The van der Waals surface area contributed by atoms with Gasteiger partial charge in [0.25, 0.3) is 0 Å². The molecule has 0 aliphatic rings. The number of aromatic nitrogens is 2. The Balaban J connectivity index is 1.92. The van der Waals surface area contributed by atoms with E-state index in [0.29, 0.717) is 19.5 Å². The maximum Gasteiger partial charge on any atom is 0.191 e. The Kier molecular flexibility index (Phi) is 8.29. The molecule has 1 aromatic carbocycles. The van der Waals surface area contributed by atoms with Crippen LogP contribution in [0.5, 0.6) is 0 Å². The van der Waals surface area contributed by atoms with Crippen molar-refractivity contribution in [1.29, 1.82) is 0 Å². The number of hydrogen-bond acceptors (Lipinski definition) is 4. The van der Waals surface area contributed by atoms with Crippen molar-refractivity contribution in [3.05, 3.63) is 53.9 Å². The lowest BCUT2D eigenvalue weighted by Crippen LogP contribution is -2.39. The molecule has 2 atom stereocenters. The van der Waals surface area contributed by atoms with Gasteiger partial charge in [-0.25, -0.2) is 0 Å². The van der Waals surface area contributed by atoms with Crippen molar-refractivity contribution in [3.8, 4) is 0 Å². The predicted octanol–water partition coefficient (Wildman–Crippen LogP) is 1.70. The number of aryl methyl sites for hydroxylation is 1. The number of aliphatic hydroxyl groups excluding tert-OH is 1. The van der Waals surface area contributed by atoms with Gasteiger partial charge in [-0.15, -0.1) is 0 Å². The van der Waals surface area contributed by atoms with Gasteiger partial charge in [-0.05, 0) is 33.0 Å². The first-order valence-corrected chi connectivity index (χ1v) is 9.41. The van der Waals surface area contributed by atoms with Crippen LogP contribution in [0.4, 0.5) is 0 Å². The molecule has 7 nitrogen and oxygen atoms in total. The lowest BCUT2D eigenvalue weighted by atomic mass is 10.1. The smallest absolute Gasteiger partial charge is 0.191 e. The molecule has 0 saturated heterocycles. The summed E-state index contributed by atoms with van der Waals surface area (Å²) < 4.78 is 1.81. The molecule has 0 radical (unpaired) electrons. The van der Waals surface area contributed by atoms with Crippen LogP contribution >= 0.6 is 0 Å². The molecular formula is C20H32N6O. The van der Waals surface area contributed by atoms with Crippen molar-refractivity contribution in [2.75, 3.05) is 33.7 Å². The monoisotopic (exact) mass is 372 g/mol. The highest BCUT2D eigenvalue weighted by atomic mass is 16.3. The van der Waals surface area contributed by atoms with E-state index in [9.17, 15) is 5.11 Å². The van der Waals surface area contributed by atoms with Gasteiger partial charge in [0.15, 0.2) is 5.96 Å². The van der Waals surface area contributed by atoms with Crippen molar-refractivity contribution in [1.82, 2.24) is 25.3 Å². The first-order valence-electron chi connectivity index (χ1n) is 9.41. The molecule has 7 heteroatoms. The van der Waals surface area contributed by atoms with Gasteiger partial charge in [0.2, 0.25) is 0 Å². The molecule has 27 heavy (non-hydrogen) atoms. The number of likely N-dealkylation sites (N-methyl/N-ethyl adjacent to an activating group) is 1. The van der Waals surface area contributed by atoms with Crippen LogP contribution in [-0.4, -0.2) is 59.5 Å². The van der Waals surface area contributed by atoms with E-state index >= 15 is 0 Å². The summed E-state index contributed by atoms with van der Waals surface area (Å²) in [4.78, 5) is 6.87. The number of benzene rings is 1. The maximum absolute atomic E-state index is 10.3. The minimum absolute atomic E-state index is 0.157. The Morgan fingerprint density at radius 3 is 2.56 bits per heavy atom. The van der Waals surface area contributed by atoms with Gasteiger partial charge in [-0.1, -0.05) is 30.3 Å². The minimum Gasteiger partial charge on any atom is -0.388 e. The van der Waals surface area contributed by atoms with Crippen LogP contribution in [0.25, 0.3) is 0 Å². The highest BCUT2D eigenvalue weighted by molar-refractivity contribution is 5.79. The maximum atomic E-state index is 10.3. The number of nitrogens with one attached hydrogen (secondary N) is 2. The molecule has 148 valence electrons. The zero-order valence-corrected chi connectivity index (χ0v) is 16.8. The van der Waals surface area contributed by atoms with E-state index in [1.54, 1.807) is 0 Å². The zero-order valence-electron chi connectivity index (χ0n) is 16.8. The van der Waals surface area contributed by atoms with Gasteiger partial charge in [-0.2, -0.15) is 5.10 Å². The van der Waals surface area contributed by atoms with Crippen LogP contribution in [0.1, 0.15) is 36.6 Å². The fraction of sp³-hybridized carbons (Fsp3) is 0.500. The van der Waals surface area contributed by atoms with E-state index in [0.717, 1.165) is 23.6 Å². The molecule has 0 bridgehead atoms. The second kappa shape index (κ2) is 10.7. The van der Waals surface area contributed by atoms with Crippen molar-refractivity contribution < 1.29 is 5.11 Å². The van der Waals surface area contributed by atoms with Gasteiger partial charge in [0, 0.05) is 31.9 Å². The molecule has 2 aromatic rings. The summed E-state index contributed by atoms with van der Waals surface area (Å²) in [6.45, 7) is 4.09. The lowest BCUT2D eigenvalue weighted by molar-refractivity contribution is 0.168. The standard InChI is InChI=1S/C20H32N6O/c1-5-21-20(22-12-11-19(27)16-9-7-6-8-10-16)23-14-18(25(2)3)17-13-24-26(4)15-17/h6-10,13,15,18-19,27H,5,11-12,14H2,1-4H3,(H2,21,22,23). The lowest BCUT2D eigenvalue weighted by Gasteiger charge is -2.22. The van der Waals surface area contributed by atoms with Crippen LogP contribution in [0.15, 0.2) is 47.7 Å². The highest BCUT2D eigenvalue weighted by Crippen LogP contribution is 2.17. The van der Waals surface area contributed by atoms with Crippen molar-refractivity contribution >= 4 is 5.96 Å². The van der Waals surface area contributed by atoms with E-state index in [2.05, 4.69) is 20.6 Å². The summed E-state index contributed by atoms with van der Waals surface area (Å²) >= 11 is 0. The number of hydrogen-bond donors (Lipinski definition) is 3. The van der Waals surface area contributed by atoms with Gasteiger partial charge in [0.05, 0.1) is 24.9 Å². The Bertz CT molecular complexity index is 698. The summed E-state index contributed by atoms with van der Waals surface area (Å²) in [5.41, 5.74) is 2.08. The number of rotatable bonds is 9. The normalized spacial score (nSPS) is 14.2. The molecule has 0 fully saturated rings. The third-order valence-electron chi connectivity index (χ3n) is 4.39. The van der Waals surface area contributed by atoms with Crippen LogP contribution in [-0.2, 0) is 7.05 Å². The average Bonchev–Trinajstić information content (AvgIpc) is 3.08. The highest BCUT2D eigenvalue weighted by Gasteiger charge is 2.16. The zero-order chi connectivity index (χ0) is 19.6. The van der Waals surface area contributed by atoms with E-state index in [-0.39, 0.29) is 6.04 Å². The van der Waals surface area contributed by atoms with Crippen molar-refractivity contribution in [2.24, 2.45) is 12.0 Å². The first kappa shape index (κ1) is 20.9. The molecule has 0 spiro atoms. The third-order valence-corrected chi connectivity index (χ3v) is 4.39. The van der Waals surface area contributed by atoms with Gasteiger partial charge in [-0.3, -0.25) is 9.67 Å². The van der Waals surface area contributed by atoms with Crippen LogP contribution in [0, 0.1) is 0 Å². The summed E-state index contributed by atoms with van der Waals surface area (Å²) in [6.07, 6.45) is 4.05. The number of aliphatic imine (C=N–C) groups is 1. The van der Waals surface area contributed by atoms with Crippen LogP contribution < -0.4 is 10.6 Å².